The van der Waals surface area contributed by atoms with Crippen LogP contribution >= 0.6 is 15.9 Å². The van der Waals surface area contributed by atoms with E-state index in [9.17, 15) is 0 Å². The normalized spacial score (nSPS) is 11.6. The van der Waals surface area contributed by atoms with E-state index in [2.05, 4.69) is 26.3 Å². The number of benzene rings is 1. The third kappa shape index (κ3) is 2.33. The first-order valence-corrected chi connectivity index (χ1v) is 5.26. The van der Waals surface area contributed by atoms with Crippen LogP contribution in [0.15, 0.2) is 27.7 Å². The Labute approximate surface area is 92.5 Å². The molecule has 0 saturated heterocycles. The van der Waals surface area contributed by atoms with Gasteiger partial charge >= 0.3 is 0 Å². The summed E-state index contributed by atoms with van der Waals surface area (Å²) < 4.78 is 1.06. The van der Waals surface area contributed by atoms with Gasteiger partial charge in [-0.3, -0.25) is 4.99 Å². The smallest absolute Gasteiger partial charge is 0.142 e. The highest BCUT2D eigenvalue weighted by molar-refractivity contribution is 9.10. The summed E-state index contributed by atoms with van der Waals surface area (Å²) in [6.45, 7) is 4.72. The highest BCUT2D eigenvalue weighted by Gasteiger charge is 2.06. The van der Waals surface area contributed by atoms with E-state index >= 15 is 0 Å². The molecule has 3 N–H and O–H groups in total. The first-order chi connectivity index (χ1) is 6.70. The summed E-state index contributed by atoms with van der Waals surface area (Å²) >= 11 is 3.47. The van der Waals surface area contributed by atoms with Crippen molar-refractivity contribution in [1.82, 2.24) is 5.43 Å². The molecule has 1 aromatic rings. The van der Waals surface area contributed by atoms with Gasteiger partial charge in [0.1, 0.15) is 5.84 Å². The van der Waals surface area contributed by atoms with Crippen LogP contribution in [0.5, 0.6) is 0 Å². The van der Waals surface area contributed by atoms with Gasteiger partial charge in [-0.1, -0.05) is 28.1 Å². The monoisotopic (exact) mass is 255 g/mol. The van der Waals surface area contributed by atoms with E-state index in [1.807, 2.05) is 32.0 Å². The minimum atomic E-state index is 0.714. The Morgan fingerprint density at radius 1 is 1.57 bits per heavy atom. The molecule has 0 fully saturated rings. The van der Waals surface area contributed by atoms with Gasteiger partial charge in [0, 0.05) is 16.6 Å². The Kier molecular flexibility index (Phi) is 4.10. The largest absolute Gasteiger partial charge is 0.308 e. The van der Waals surface area contributed by atoms with E-state index < -0.39 is 0 Å². The molecule has 14 heavy (non-hydrogen) atoms. The van der Waals surface area contributed by atoms with Crippen molar-refractivity contribution in [3.8, 4) is 0 Å². The SMILES string of the molecule is CCN=C(NN)c1cccc(Br)c1C. The molecular weight excluding hydrogens is 242 g/mol. The number of nitrogens with two attached hydrogens (primary N) is 1. The molecule has 0 unspecified atom stereocenters. The Balaban J connectivity index is 3.17. The predicted molar refractivity (Wildman–Crippen MR) is 63.3 cm³/mol. The standard InChI is InChI=1S/C10H14BrN3/c1-3-13-10(14-12)8-5-4-6-9(11)7(8)2/h4-6H,3,12H2,1-2H3,(H,13,14). The average Bonchev–Trinajstić information content (AvgIpc) is 2.19. The van der Waals surface area contributed by atoms with Crippen LogP contribution in [0, 0.1) is 6.92 Å². The quantitative estimate of drug-likeness (QED) is 0.368. The molecule has 76 valence electrons. The van der Waals surface area contributed by atoms with Crippen LogP contribution in [-0.2, 0) is 0 Å². The Bertz CT molecular complexity index is 347. The van der Waals surface area contributed by atoms with Gasteiger partial charge in [-0.15, -0.1) is 0 Å². The van der Waals surface area contributed by atoms with Crippen LogP contribution < -0.4 is 11.3 Å². The zero-order chi connectivity index (χ0) is 10.6. The molecule has 0 heterocycles. The van der Waals surface area contributed by atoms with Crippen molar-refractivity contribution in [2.45, 2.75) is 13.8 Å². The number of hydrazine groups is 1. The van der Waals surface area contributed by atoms with Crippen molar-refractivity contribution in [3.63, 3.8) is 0 Å². The maximum absolute atomic E-state index is 5.41. The van der Waals surface area contributed by atoms with Crippen LogP contribution in [-0.4, -0.2) is 12.4 Å². The van der Waals surface area contributed by atoms with Gasteiger partial charge in [0.15, 0.2) is 0 Å². The minimum absolute atomic E-state index is 0.714. The van der Waals surface area contributed by atoms with E-state index in [1.165, 1.54) is 0 Å². The number of amidine groups is 1. The lowest BCUT2D eigenvalue weighted by molar-refractivity contribution is 0.989. The minimum Gasteiger partial charge on any atom is -0.308 e. The third-order valence-corrected chi connectivity index (χ3v) is 2.83. The number of rotatable bonds is 2. The van der Waals surface area contributed by atoms with E-state index in [4.69, 9.17) is 5.84 Å². The second kappa shape index (κ2) is 5.12. The van der Waals surface area contributed by atoms with Crippen LogP contribution in [0.1, 0.15) is 18.1 Å². The van der Waals surface area contributed by atoms with Crippen molar-refractivity contribution < 1.29 is 0 Å². The second-order valence-corrected chi connectivity index (χ2v) is 3.73. The van der Waals surface area contributed by atoms with Gasteiger partial charge in [-0.05, 0) is 25.5 Å². The maximum Gasteiger partial charge on any atom is 0.142 e. The lowest BCUT2D eigenvalue weighted by atomic mass is 10.1. The fourth-order valence-corrected chi connectivity index (χ4v) is 1.60. The van der Waals surface area contributed by atoms with Crippen molar-refractivity contribution in [2.75, 3.05) is 6.54 Å². The molecule has 0 atom stereocenters. The zero-order valence-electron chi connectivity index (χ0n) is 8.34. The molecule has 3 nitrogen and oxygen atoms in total. The third-order valence-electron chi connectivity index (χ3n) is 1.98. The van der Waals surface area contributed by atoms with Crippen LogP contribution in [0.2, 0.25) is 0 Å². The highest BCUT2D eigenvalue weighted by atomic mass is 79.9. The summed E-state index contributed by atoms with van der Waals surface area (Å²) in [6, 6.07) is 5.96. The van der Waals surface area contributed by atoms with Gasteiger partial charge in [-0.25, -0.2) is 5.84 Å². The molecule has 0 bridgehead atoms. The first kappa shape index (κ1) is 11.2. The number of nitrogens with zero attached hydrogens (tertiary/aromatic N) is 1. The van der Waals surface area contributed by atoms with E-state index in [0.717, 1.165) is 21.4 Å². The molecule has 0 aliphatic rings. The lowest BCUT2D eigenvalue weighted by Gasteiger charge is -2.09. The molecule has 4 heteroatoms. The van der Waals surface area contributed by atoms with Crippen molar-refractivity contribution in [1.29, 1.82) is 0 Å². The van der Waals surface area contributed by atoms with Crippen molar-refractivity contribution in [3.05, 3.63) is 33.8 Å². The Hall–Kier alpha value is -0.870. The van der Waals surface area contributed by atoms with Gasteiger partial charge in [0.25, 0.3) is 0 Å². The summed E-state index contributed by atoms with van der Waals surface area (Å²) in [7, 11) is 0. The topological polar surface area (TPSA) is 50.4 Å². The average molecular weight is 256 g/mol. The van der Waals surface area contributed by atoms with Gasteiger partial charge < -0.3 is 5.43 Å². The van der Waals surface area contributed by atoms with Gasteiger partial charge in [0.2, 0.25) is 0 Å². The van der Waals surface area contributed by atoms with Crippen molar-refractivity contribution in [2.24, 2.45) is 10.8 Å². The van der Waals surface area contributed by atoms with Gasteiger partial charge in [-0.2, -0.15) is 0 Å². The fourth-order valence-electron chi connectivity index (χ4n) is 1.23. The molecule has 1 rings (SSSR count). The molecule has 0 amide bonds. The van der Waals surface area contributed by atoms with E-state index in [0.29, 0.717) is 6.54 Å². The number of halogens is 1. The maximum atomic E-state index is 5.41. The molecule has 0 saturated carbocycles. The van der Waals surface area contributed by atoms with Crippen LogP contribution in [0.4, 0.5) is 0 Å². The molecule has 0 aliphatic carbocycles. The molecule has 0 aliphatic heterocycles. The summed E-state index contributed by atoms with van der Waals surface area (Å²) in [4.78, 5) is 4.27. The summed E-state index contributed by atoms with van der Waals surface area (Å²) in [5, 5.41) is 0. The second-order valence-electron chi connectivity index (χ2n) is 2.88. The number of aliphatic imine (C=N–C) groups is 1. The summed E-state index contributed by atoms with van der Waals surface area (Å²) in [6.07, 6.45) is 0. The lowest BCUT2D eigenvalue weighted by Crippen LogP contribution is -2.31. The molecule has 1 aromatic carbocycles. The molecular formula is C10H14BrN3. The zero-order valence-corrected chi connectivity index (χ0v) is 9.93. The van der Waals surface area contributed by atoms with E-state index in [1.54, 1.807) is 0 Å². The molecule has 0 radical (unpaired) electrons. The number of nitrogens with one attached hydrogen (secondary N) is 1. The van der Waals surface area contributed by atoms with Crippen molar-refractivity contribution >= 4 is 21.8 Å². The number of hydrogen-bond acceptors (Lipinski definition) is 2. The summed E-state index contributed by atoms with van der Waals surface area (Å²) in [5.41, 5.74) is 4.78. The first-order valence-electron chi connectivity index (χ1n) is 4.47. The molecule has 0 aromatic heterocycles. The molecule has 0 spiro atoms. The Morgan fingerprint density at radius 3 is 2.86 bits per heavy atom. The number of hydrogen-bond donors (Lipinski definition) is 2. The fraction of sp³-hybridized carbons (Fsp3) is 0.300. The highest BCUT2D eigenvalue weighted by Crippen LogP contribution is 2.19. The Morgan fingerprint density at radius 2 is 2.29 bits per heavy atom. The van der Waals surface area contributed by atoms with E-state index in [-0.39, 0.29) is 0 Å². The predicted octanol–water partition coefficient (Wildman–Crippen LogP) is 1.99. The van der Waals surface area contributed by atoms with Gasteiger partial charge in [0.05, 0.1) is 0 Å². The van der Waals surface area contributed by atoms with Crippen LogP contribution in [0.3, 0.4) is 0 Å². The van der Waals surface area contributed by atoms with Crippen LogP contribution in [0.25, 0.3) is 0 Å². The summed E-state index contributed by atoms with van der Waals surface area (Å²) in [5.74, 6) is 6.14.